The summed E-state index contributed by atoms with van der Waals surface area (Å²) < 4.78 is 6.29. The van der Waals surface area contributed by atoms with Gasteiger partial charge in [0.15, 0.2) is 0 Å². The fourth-order valence-corrected chi connectivity index (χ4v) is 4.74. The minimum Gasteiger partial charge on any atom is -0.489 e. The van der Waals surface area contributed by atoms with Crippen LogP contribution in [0.15, 0.2) is 30.4 Å². The molecule has 3 N–H and O–H groups in total. The molecule has 0 bridgehead atoms. The molecule has 1 fully saturated rings. The predicted molar refractivity (Wildman–Crippen MR) is 130 cm³/mol. The minimum absolute atomic E-state index is 0.0310. The quantitative estimate of drug-likeness (QED) is 0.326. The summed E-state index contributed by atoms with van der Waals surface area (Å²) >= 11 is 0. The summed E-state index contributed by atoms with van der Waals surface area (Å²) in [6.07, 6.45) is 11.4. The van der Waals surface area contributed by atoms with Crippen LogP contribution >= 0.6 is 0 Å². The van der Waals surface area contributed by atoms with Gasteiger partial charge in [-0.1, -0.05) is 83.7 Å². The van der Waals surface area contributed by atoms with Crippen LogP contribution < -0.4 is 10.1 Å². The molecule has 1 aliphatic heterocycles. The first kappa shape index (κ1) is 25.9. The van der Waals surface area contributed by atoms with Crippen LogP contribution in [0.1, 0.15) is 89.7 Å². The normalized spacial score (nSPS) is 25.0. The molecule has 0 unspecified atom stereocenters. The lowest BCUT2D eigenvalue weighted by atomic mass is 9.86. The van der Waals surface area contributed by atoms with Gasteiger partial charge in [-0.3, -0.25) is 0 Å². The van der Waals surface area contributed by atoms with Gasteiger partial charge >= 0.3 is 0 Å². The van der Waals surface area contributed by atoms with Crippen LogP contribution in [-0.2, 0) is 6.42 Å². The van der Waals surface area contributed by atoms with Crippen molar-refractivity contribution >= 4 is 0 Å². The number of fused-ring (bicyclic) bond motifs is 3. The Morgan fingerprint density at radius 3 is 2.48 bits per heavy atom. The Morgan fingerprint density at radius 2 is 1.84 bits per heavy atom. The van der Waals surface area contributed by atoms with E-state index in [0.29, 0.717) is 6.42 Å². The number of unbranched alkanes of at least 4 members (excludes halogenated alkanes) is 3. The van der Waals surface area contributed by atoms with Crippen molar-refractivity contribution in [3.05, 3.63) is 41.5 Å². The Bertz CT molecular complexity index is 658. The Hall–Kier alpha value is -1.36. The molecule has 0 saturated heterocycles. The van der Waals surface area contributed by atoms with Crippen molar-refractivity contribution in [3.63, 3.8) is 0 Å². The van der Waals surface area contributed by atoms with Crippen LogP contribution in [0.25, 0.3) is 0 Å². The second kappa shape index (κ2) is 13.9. The maximum atomic E-state index is 10.5. The number of hydrogen-bond acceptors (Lipinski definition) is 4. The number of aliphatic hydroxyl groups excluding tert-OH is 2. The Balaban J connectivity index is 0.000000614. The molecule has 176 valence electrons. The number of benzene rings is 1. The molecule has 0 aromatic heterocycles. The van der Waals surface area contributed by atoms with Crippen molar-refractivity contribution in [1.29, 1.82) is 0 Å². The van der Waals surface area contributed by atoms with Crippen LogP contribution in [0.3, 0.4) is 0 Å². The smallest absolute Gasteiger partial charge is 0.126 e. The fraction of sp³-hybridized carbons (Fsp3) is 0.704. The maximum absolute atomic E-state index is 10.5. The third-order valence-corrected chi connectivity index (χ3v) is 6.45. The van der Waals surface area contributed by atoms with Crippen LogP contribution in [-0.4, -0.2) is 41.6 Å². The first-order valence-electron chi connectivity index (χ1n) is 12.6. The van der Waals surface area contributed by atoms with Crippen molar-refractivity contribution in [1.82, 2.24) is 5.32 Å². The molecule has 1 saturated carbocycles. The standard InChI is InChI=1S/C23H34O3.C4H11N/c1-3-5-7-11-17(24)13-14-18-20(25)15-21-22(18)19-12-8-10-16(9-6-4-2)23(19)26-21;1-3-5-4-2/h8,10,12-14,17-18,20-22,24-25H,3-7,9,11,15H2,1-2H3;5H,3-4H2,1-2H3/t17-,18-,20+,21-,22-;/m0./s1. The van der Waals surface area contributed by atoms with Crippen molar-refractivity contribution in [2.24, 2.45) is 5.92 Å². The van der Waals surface area contributed by atoms with Crippen molar-refractivity contribution in [2.75, 3.05) is 13.1 Å². The van der Waals surface area contributed by atoms with E-state index in [-0.39, 0.29) is 17.9 Å². The van der Waals surface area contributed by atoms with Gasteiger partial charge in [-0.2, -0.15) is 0 Å². The summed E-state index contributed by atoms with van der Waals surface area (Å²) in [4.78, 5) is 0. The minimum atomic E-state index is -0.412. The van der Waals surface area contributed by atoms with Gasteiger partial charge in [0, 0.05) is 23.8 Å². The maximum Gasteiger partial charge on any atom is 0.126 e. The van der Waals surface area contributed by atoms with Gasteiger partial charge in [0.05, 0.1) is 12.2 Å². The molecule has 1 heterocycles. The monoisotopic (exact) mass is 431 g/mol. The molecule has 0 amide bonds. The van der Waals surface area contributed by atoms with E-state index in [2.05, 4.69) is 51.2 Å². The van der Waals surface area contributed by atoms with E-state index in [0.717, 1.165) is 50.9 Å². The van der Waals surface area contributed by atoms with Gasteiger partial charge < -0.3 is 20.3 Å². The summed E-state index contributed by atoms with van der Waals surface area (Å²) in [6.45, 7) is 10.8. The van der Waals surface area contributed by atoms with E-state index in [9.17, 15) is 10.2 Å². The molecule has 1 aliphatic carbocycles. The Morgan fingerprint density at radius 1 is 1.10 bits per heavy atom. The van der Waals surface area contributed by atoms with E-state index in [1.165, 1.54) is 24.0 Å². The fourth-order valence-electron chi connectivity index (χ4n) is 4.74. The van der Waals surface area contributed by atoms with Gasteiger partial charge in [0.25, 0.3) is 0 Å². The van der Waals surface area contributed by atoms with Gasteiger partial charge in [-0.15, -0.1) is 0 Å². The molecule has 4 heteroatoms. The SMILES string of the molecule is CCCCC[C@H](O)C=C[C@@H]1[C@H]2c3cccc(CCCC)c3O[C@H]2C[C@H]1O.CCNCC. The molecular formula is C27H45NO3. The third kappa shape index (κ3) is 7.34. The van der Waals surface area contributed by atoms with E-state index >= 15 is 0 Å². The summed E-state index contributed by atoms with van der Waals surface area (Å²) in [5, 5.41) is 23.9. The zero-order valence-corrected chi connectivity index (χ0v) is 20.1. The number of nitrogens with one attached hydrogen (secondary N) is 1. The first-order valence-corrected chi connectivity index (χ1v) is 12.6. The zero-order chi connectivity index (χ0) is 22.6. The van der Waals surface area contributed by atoms with Crippen LogP contribution in [0.4, 0.5) is 0 Å². The molecule has 0 spiro atoms. The number of para-hydroxylation sites is 1. The van der Waals surface area contributed by atoms with Gasteiger partial charge in [0.2, 0.25) is 0 Å². The van der Waals surface area contributed by atoms with Crippen molar-refractivity contribution in [3.8, 4) is 5.75 Å². The molecule has 3 rings (SSSR count). The molecule has 5 atom stereocenters. The first-order chi connectivity index (χ1) is 15.1. The van der Waals surface area contributed by atoms with E-state index < -0.39 is 12.2 Å². The van der Waals surface area contributed by atoms with Gasteiger partial charge in [0.1, 0.15) is 11.9 Å². The Kier molecular flexibility index (Phi) is 11.6. The molecule has 1 aromatic rings. The highest BCUT2D eigenvalue weighted by molar-refractivity contribution is 5.49. The summed E-state index contributed by atoms with van der Waals surface area (Å²) in [7, 11) is 0. The number of rotatable bonds is 11. The number of aliphatic hydroxyl groups is 2. The third-order valence-electron chi connectivity index (χ3n) is 6.45. The van der Waals surface area contributed by atoms with Crippen molar-refractivity contribution in [2.45, 2.75) is 103 Å². The summed E-state index contributed by atoms with van der Waals surface area (Å²) in [6, 6.07) is 6.46. The highest BCUT2D eigenvalue weighted by atomic mass is 16.5. The lowest BCUT2D eigenvalue weighted by Gasteiger charge is -2.18. The number of ether oxygens (including phenoxy) is 1. The predicted octanol–water partition coefficient (Wildman–Crippen LogP) is 5.37. The van der Waals surface area contributed by atoms with Crippen LogP contribution in [0, 0.1) is 5.92 Å². The number of aryl methyl sites for hydroxylation is 1. The molecule has 31 heavy (non-hydrogen) atoms. The molecule has 1 aromatic carbocycles. The molecular weight excluding hydrogens is 386 g/mol. The average molecular weight is 432 g/mol. The van der Waals surface area contributed by atoms with Gasteiger partial charge in [-0.25, -0.2) is 0 Å². The lowest BCUT2D eigenvalue weighted by Crippen LogP contribution is -2.17. The zero-order valence-electron chi connectivity index (χ0n) is 20.1. The van der Waals surface area contributed by atoms with E-state index in [4.69, 9.17) is 4.74 Å². The molecule has 4 nitrogen and oxygen atoms in total. The topological polar surface area (TPSA) is 61.7 Å². The van der Waals surface area contributed by atoms with E-state index in [1.54, 1.807) is 0 Å². The average Bonchev–Trinajstić information content (AvgIpc) is 3.27. The number of hydrogen-bond donors (Lipinski definition) is 3. The van der Waals surface area contributed by atoms with Crippen LogP contribution in [0.2, 0.25) is 0 Å². The van der Waals surface area contributed by atoms with Gasteiger partial charge in [-0.05, 0) is 37.9 Å². The highest BCUT2D eigenvalue weighted by Crippen LogP contribution is 2.52. The second-order valence-electron chi connectivity index (χ2n) is 8.91. The van der Waals surface area contributed by atoms with Crippen LogP contribution in [0.5, 0.6) is 5.75 Å². The highest BCUT2D eigenvalue weighted by Gasteiger charge is 2.48. The second-order valence-corrected chi connectivity index (χ2v) is 8.91. The summed E-state index contributed by atoms with van der Waals surface area (Å²) in [5.74, 6) is 1.30. The summed E-state index contributed by atoms with van der Waals surface area (Å²) in [5.41, 5.74) is 2.55. The lowest BCUT2D eigenvalue weighted by molar-refractivity contribution is 0.135. The molecule has 0 radical (unpaired) electrons. The van der Waals surface area contributed by atoms with Crippen molar-refractivity contribution < 1.29 is 14.9 Å². The largest absolute Gasteiger partial charge is 0.489 e. The molecule has 2 aliphatic rings. The Labute approximate surface area is 190 Å². The van der Waals surface area contributed by atoms with E-state index in [1.807, 2.05) is 12.2 Å².